The van der Waals surface area contributed by atoms with Crippen LogP contribution in [-0.4, -0.2) is 35.6 Å². The van der Waals surface area contributed by atoms with Gasteiger partial charge in [-0.2, -0.15) is 0 Å². The van der Waals surface area contributed by atoms with E-state index in [4.69, 9.17) is 4.74 Å². The summed E-state index contributed by atoms with van der Waals surface area (Å²) >= 11 is 0. The first kappa shape index (κ1) is 13.8. The van der Waals surface area contributed by atoms with Gasteiger partial charge in [0.1, 0.15) is 11.6 Å². The van der Waals surface area contributed by atoms with Crippen molar-refractivity contribution in [2.45, 2.75) is 25.9 Å². The lowest BCUT2D eigenvalue weighted by Gasteiger charge is -2.16. The second kappa shape index (κ2) is 6.02. The van der Waals surface area contributed by atoms with Gasteiger partial charge in [-0.05, 0) is 31.9 Å². The second-order valence-electron chi connectivity index (χ2n) is 4.74. The zero-order valence-corrected chi connectivity index (χ0v) is 10.9. The molecule has 4 nitrogen and oxygen atoms in total. The number of carbonyl (C=O) groups is 1. The van der Waals surface area contributed by atoms with E-state index in [1.807, 2.05) is 0 Å². The Balaban J connectivity index is 1.92. The topological polar surface area (TPSA) is 49.8 Å². The molecule has 0 aromatic heterocycles. The van der Waals surface area contributed by atoms with Gasteiger partial charge in [0.2, 0.25) is 0 Å². The van der Waals surface area contributed by atoms with Crippen molar-refractivity contribution in [2.24, 2.45) is 0 Å². The summed E-state index contributed by atoms with van der Waals surface area (Å²) in [6, 6.07) is 4.22. The Bertz CT molecular complexity index is 456. The smallest absolute Gasteiger partial charge is 0.260 e. The van der Waals surface area contributed by atoms with E-state index >= 15 is 0 Å². The largest absolute Gasteiger partial charge is 0.484 e. The minimum atomic E-state index is -0.861. The summed E-state index contributed by atoms with van der Waals surface area (Å²) in [5, 5.41) is 9.32. The molecule has 19 heavy (non-hydrogen) atoms. The van der Waals surface area contributed by atoms with Crippen molar-refractivity contribution in [3.63, 3.8) is 0 Å². The fraction of sp³-hybridized carbons (Fsp3) is 0.500. The molecule has 1 amide bonds. The number of rotatable bonds is 4. The van der Waals surface area contributed by atoms with Crippen molar-refractivity contribution >= 4 is 5.91 Å². The molecule has 0 radical (unpaired) electrons. The Morgan fingerprint density at radius 1 is 1.47 bits per heavy atom. The summed E-state index contributed by atoms with van der Waals surface area (Å²) in [6.45, 7) is 2.97. The summed E-state index contributed by atoms with van der Waals surface area (Å²) in [5.74, 6) is -0.298. The monoisotopic (exact) mass is 267 g/mol. The van der Waals surface area contributed by atoms with Crippen LogP contribution in [0.1, 0.15) is 31.4 Å². The Kier molecular flexibility index (Phi) is 4.37. The van der Waals surface area contributed by atoms with Gasteiger partial charge in [-0.25, -0.2) is 4.39 Å². The van der Waals surface area contributed by atoms with Gasteiger partial charge in [0.15, 0.2) is 6.61 Å². The third-order valence-electron chi connectivity index (χ3n) is 3.24. The SMILES string of the molecule is CC(O)c1ccc(OCC(=O)N2CCCC2)cc1F. The maximum absolute atomic E-state index is 13.6. The first-order chi connectivity index (χ1) is 9.08. The minimum Gasteiger partial charge on any atom is -0.484 e. The quantitative estimate of drug-likeness (QED) is 0.906. The highest BCUT2D eigenvalue weighted by atomic mass is 19.1. The fourth-order valence-electron chi connectivity index (χ4n) is 2.14. The molecule has 0 spiro atoms. The zero-order valence-electron chi connectivity index (χ0n) is 10.9. The number of ether oxygens (including phenoxy) is 1. The number of aliphatic hydroxyl groups is 1. The number of amides is 1. The van der Waals surface area contributed by atoms with Crippen molar-refractivity contribution in [2.75, 3.05) is 19.7 Å². The predicted molar refractivity (Wildman–Crippen MR) is 68.3 cm³/mol. The fourth-order valence-corrected chi connectivity index (χ4v) is 2.14. The summed E-state index contributed by atoms with van der Waals surface area (Å²) in [6.07, 6.45) is 1.20. The van der Waals surface area contributed by atoms with Crippen molar-refractivity contribution in [1.82, 2.24) is 4.90 Å². The number of hydrogen-bond donors (Lipinski definition) is 1. The van der Waals surface area contributed by atoms with Crippen LogP contribution in [-0.2, 0) is 4.79 Å². The first-order valence-electron chi connectivity index (χ1n) is 6.46. The first-order valence-corrected chi connectivity index (χ1v) is 6.46. The third-order valence-corrected chi connectivity index (χ3v) is 3.24. The summed E-state index contributed by atoms with van der Waals surface area (Å²) < 4.78 is 18.9. The van der Waals surface area contributed by atoms with Crippen LogP contribution in [0, 0.1) is 5.82 Å². The molecule has 0 bridgehead atoms. The molecule has 1 aliphatic rings. The molecule has 1 aliphatic heterocycles. The third kappa shape index (κ3) is 3.44. The van der Waals surface area contributed by atoms with Crippen LogP contribution in [0.4, 0.5) is 4.39 Å². The van der Waals surface area contributed by atoms with Crippen LogP contribution in [0.2, 0.25) is 0 Å². The minimum absolute atomic E-state index is 0.0717. The van der Waals surface area contributed by atoms with Crippen molar-refractivity contribution in [3.8, 4) is 5.75 Å². The number of nitrogens with zero attached hydrogens (tertiary/aromatic N) is 1. The van der Waals surface area contributed by atoms with Gasteiger partial charge in [0.05, 0.1) is 6.10 Å². The maximum atomic E-state index is 13.6. The lowest BCUT2D eigenvalue weighted by atomic mass is 10.1. The molecule has 1 aromatic rings. The van der Waals surface area contributed by atoms with Gasteiger partial charge in [-0.3, -0.25) is 4.79 Å². The molecule has 0 aliphatic carbocycles. The Hall–Kier alpha value is -1.62. The van der Waals surface area contributed by atoms with Gasteiger partial charge in [-0.15, -0.1) is 0 Å². The lowest BCUT2D eigenvalue weighted by Crippen LogP contribution is -2.32. The maximum Gasteiger partial charge on any atom is 0.260 e. The van der Waals surface area contributed by atoms with E-state index in [2.05, 4.69) is 0 Å². The highest BCUT2D eigenvalue weighted by molar-refractivity contribution is 5.78. The number of benzene rings is 1. The van der Waals surface area contributed by atoms with Crippen LogP contribution in [0.3, 0.4) is 0 Å². The molecule has 1 heterocycles. The highest BCUT2D eigenvalue weighted by Gasteiger charge is 2.18. The van der Waals surface area contributed by atoms with Gasteiger partial charge in [0, 0.05) is 24.7 Å². The van der Waals surface area contributed by atoms with Gasteiger partial charge in [0.25, 0.3) is 5.91 Å². The van der Waals surface area contributed by atoms with Crippen LogP contribution < -0.4 is 4.74 Å². The second-order valence-corrected chi connectivity index (χ2v) is 4.74. The molecule has 0 saturated carbocycles. The van der Waals surface area contributed by atoms with E-state index in [0.29, 0.717) is 5.75 Å². The molecule has 2 rings (SSSR count). The molecule has 1 N–H and O–H groups in total. The van der Waals surface area contributed by atoms with E-state index < -0.39 is 11.9 Å². The highest BCUT2D eigenvalue weighted by Crippen LogP contribution is 2.21. The normalized spacial score (nSPS) is 16.5. The molecular weight excluding hydrogens is 249 g/mol. The Morgan fingerprint density at radius 3 is 2.74 bits per heavy atom. The average Bonchev–Trinajstić information content (AvgIpc) is 2.89. The Morgan fingerprint density at radius 2 is 2.16 bits per heavy atom. The molecule has 1 saturated heterocycles. The number of carbonyl (C=O) groups excluding carboxylic acids is 1. The van der Waals surface area contributed by atoms with E-state index in [-0.39, 0.29) is 18.1 Å². The van der Waals surface area contributed by atoms with Crippen molar-refractivity contribution in [1.29, 1.82) is 0 Å². The molecule has 104 valence electrons. The zero-order chi connectivity index (χ0) is 13.8. The van der Waals surface area contributed by atoms with Crippen LogP contribution in [0.5, 0.6) is 5.75 Å². The van der Waals surface area contributed by atoms with Crippen LogP contribution in [0.15, 0.2) is 18.2 Å². The summed E-state index contributed by atoms with van der Waals surface area (Å²) in [4.78, 5) is 13.5. The number of likely N-dealkylation sites (tertiary alicyclic amines) is 1. The molecule has 1 atom stereocenters. The number of halogens is 1. The van der Waals surface area contributed by atoms with Crippen LogP contribution in [0.25, 0.3) is 0 Å². The van der Waals surface area contributed by atoms with Gasteiger partial charge < -0.3 is 14.7 Å². The van der Waals surface area contributed by atoms with Gasteiger partial charge in [-0.1, -0.05) is 0 Å². The molecule has 1 fully saturated rings. The van der Waals surface area contributed by atoms with E-state index in [9.17, 15) is 14.3 Å². The molecule has 5 heteroatoms. The standard InChI is InChI=1S/C14H18FNO3/c1-10(17)12-5-4-11(8-13(12)15)19-9-14(18)16-6-2-3-7-16/h4-5,8,10,17H,2-3,6-7,9H2,1H3. The molecular formula is C14H18FNO3. The molecule has 1 unspecified atom stereocenters. The average molecular weight is 267 g/mol. The summed E-state index contributed by atoms with van der Waals surface area (Å²) in [7, 11) is 0. The van der Waals surface area contributed by atoms with E-state index in [1.54, 1.807) is 11.0 Å². The van der Waals surface area contributed by atoms with Crippen molar-refractivity contribution in [3.05, 3.63) is 29.6 Å². The van der Waals surface area contributed by atoms with E-state index in [1.165, 1.54) is 19.1 Å². The Labute approximate surface area is 111 Å². The number of hydrogen-bond acceptors (Lipinski definition) is 3. The lowest BCUT2D eigenvalue weighted by molar-refractivity contribution is -0.132. The number of aliphatic hydroxyl groups excluding tert-OH is 1. The molecule has 1 aromatic carbocycles. The van der Waals surface area contributed by atoms with E-state index in [0.717, 1.165) is 25.9 Å². The van der Waals surface area contributed by atoms with Gasteiger partial charge >= 0.3 is 0 Å². The van der Waals surface area contributed by atoms with Crippen LogP contribution >= 0.6 is 0 Å². The van der Waals surface area contributed by atoms with Crippen molar-refractivity contribution < 1.29 is 19.0 Å². The summed E-state index contributed by atoms with van der Waals surface area (Å²) in [5.41, 5.74) is 0.221. The predicted octanol–water partition coefficient (Wildman–Crippen LogP) is 1.88.